The number of fused-ring (bicyclic) bond motifs is 1. The molecule has 1 N–H and O–H groups in total. The normalized spacial score (nSPS) is 11.0. The third-order valence-corrected chi connectivity index (χ3v) is 6.45. The first-order valence-electron chi connectivity index (χ1n) is 9.01. The van der Waals surface area contributed by atoms with Gasteiger partial charge in [0.25, 0.3) is 0 Å². The van der Waals surface area contributed by atoms with E-state index in [2.05, 4.69) is 27.5 Å². The predicted molar refractivity (Wildman–Crippen MR) is 115 cm³/mol. The number of rotatable bonds is 8. The average Bonchev–Trinajstić information content (AvgIpc) is 3.36. The molecule has 142 valence electrons. The van der Waals surface area contributed by atoms with Crippen molar-refractivity contribution in [2.45, 2.75) is 18.8 Å². The highest BCUT2D eigenvalue weighted by Gasteiger charge is 2.08. The minimum atomic E-state index is 0.0417. The molecule has 0 fully saturated rings. The Hall–Kier alpha value is -2.64. The van der Waals surface area contributed by atoms with Gasteiger partial charge in [0.05, 0.1) is 22.5 Å². The molecule has 0 aliphatic heterocycles. The highest BCUT2D eigenvalue weighted by atomic mass is 32.2. The number of nitrogens with one attached hydrogen (secondary N) is 1. The Kier molecular flexibility index (Phi) is 6.04. The van der Waals surface area contributed by atoms with Gasteiger partial charge in [0, 0.05) is 24.7 Å². The summed E-state index contributed by atoms with van der Waals surface area (Å²) in [7, 11) is 0. The maximum atomic E-state index is 12.2. The number of thiazole rings is 1. The van der Waals surface area contributed by atoms with Crippen LogP contribution in [-0.4, -0.2) is 26.4 Å². The molecule has 2 heterocycles. The van der Waals surface area contributed by atoms with Crippen LogP contribution in [0.5, 0.6) is 0 Å². The molecule has 0 atom stereocenters. The number of carbonyl (C=O) groups is 1. The smallest absolute Gasteiger partial charge is 0.230 e. The summed E-state index contributed by atoms with van der Waals surface area (Å²) in [5, 5.41) is 8.34. The molecule has 5 nitrogen and oxygen atoms in total. The lowest BCUT2D eigenvalue weighted by Gasteiger charge is -2.11. The molecule has 0 saturated heterocycles. The van der Waals surface area contributed by atoms with Crippen LogP contribution in [-0.2, 0) is 23.6 Å². The van der Waals surface area contributed by atoms with Crippen LogP contribution in [0.1, 0.15) is 16.1 Å². The third kappa shape index (κ3) is 4.79. The van der Waals surface area contributed by atoms with Crippen molar-refractivity contribution in [3.63, 3.8) is 0 Å². The van der Waals surface area contributed by atoms with Crippen LogP contribution in [0, 0.1) is 0 Å². The summed E-state index contributed by atoms with van der Waals surface area (Å²) in [6.45, 7) is 1.23. The standard InChI is InChI=1S/C21H20N4OS2/c26-20(14-27-15-21-24-18-8-3-4-9-19(18)28-21)22-12-16-6-1-2-7-17(16)13-25-11-5-10-23-25/h1-11H,12-15H2,(H,22,26). The van der Waals surface area contributed by atoms with Gasteiger partial charge < -0.3 is 5.32 Å². The molecule has 28 heavy (non-hydrogen) atoms. The van der Waals surface area contributed by atoms with Gasteiger partial charge in [0.15, 0.2) is 0 Å². The Labute approximate surface area is 171 Å². The lowest BCUT2D eigenvalue weighted by Crippen LogP contribution is -2.25. The van der Waals surface area contributed by atoms with E-state index < -0.39 is 0 Å². The number of carbonyl (C=O) groups excluding carboxylic acids is 1. The van der Waals surface area contributed by atoms with Gasteiger partial charge in [-0.05, 0) is 29.3 Å². The molecule has 7 heteroatoms. The van der Waals surface area contributed by atoms with Gasteiger partial charge in [-0.2, -0.15) is 5.10 Å². The van der Waals surface area contributed by atoms with Crippen molar-refractivity contribution in [1.82, 2.24) is 20.1 Å². The van der Waals surface area contributed by atoms with Crippen LogP contribution < -0.4 is 5.32 Å². The molecule has 0 bridgehead atoms. The second kappa shape index (κ2) is 9.03. The predicted octanol–water partition coefficient (Wildman–Crippen LogP) is 4.09. The molecule has 2 aromatic carbocycles. The van der Waals surface area contributed by atoms with Crippen LogP contribution in [0.2, 0.25) is 0 Å². The number of hydrogen-bond acceptors (Lipinski definition) is 5. The van der Waals surface area contributed by atoms with E-state index in [1.807, 2.05) is 53.3 Å². The molecular weight excluding hydrogens is 388 g/mol. The van der Waals surface area contributed by atoms with Gasteiger partial charge in [-0.1, -0.05) is 36.4 Å². The Morgan fingerprint density at radius 3 is 2.71 bits per heavy atom. The summed E-state index contributed by atoms with van der Waals surface area (Å²) in [6, 6.07) is 18.2. The number of hydrogen-bond donors (Lipinski definition) is 1. The molecule has 0 radical (unpaired) electrons. The zero-order chi connectivity index (χ0) is 19.2. The first-order valence-corrected chi connectivity index (χ1v) is 11.0. The fourth-order valence-corrected chi connectivity index (χ4v) is 4.79. The van der Waals surface area contributed by atoms with Crippen molar-refractivity contribution >= 4 is 39.2 Å². The molecule has 4 rings (SSSR count). The Morgan fingerprint density at radius 1 is 1.07 bits per heavy atom. The zero-order valence-electron chi connectivity index (χ0n) is 15.2. The minimum Gasteiger partial charge on any atom is -0.351 e. The fraction of sp³-hybridized carbons (Fsp3) is 0.190. The maximum absolute atomic E-state index is 12.2. The van der Waals surface area contributed by atoms with Crippen LogP contribution in [0.4, 0.5) is 0 Å². The number of nitrogens with zero attached hydrogens (tertiary/aromatic N) is 3. The highest BCUT2D eigenvalue weighted by molar-refractivity contribution is 7.99. The van der Waals surface area contributed by atoms with Crippen molar-refractivity contribution in [3.05, 3.63) is 83.1 Å². The lowest BCUT2D eigenvalue weighted by molar-refractivity contribution is -0.118. The zero-order valence-corrected chi connectivity index (χ0v) is 16.9. The summed E-state index contributed by atoms with van der Waals surface area (Å²) in [6.07, 6.45) is 3.71. The van der Waals surface area contributed by atoms with E-state index in [0.29, 0.717) is 18.8 Å². The molecule has 1 amide bonds. The van der Waals surface area contributed by atoms with Crippen LogP contribution in [0.15, 0.2) is 67.0 Å². The van der Waals surface area contributed by atoms with Gasteiger partial charge in [0.1, 0.15) is 5.01 Å². The lowest BCUT2D eigenvalue weighted by atomic mass is 10.1. The molecule has 2 aromatic heterocycles. The number of para-hydroxylation sites is 1. The molecule has 0 aliphatic rings. The van der Waals surface area contributed by atoms with E-state index in [1.165, 1.54) is 4.70 Å². The molecule has 0 saturated carbocycles. The van der Waals surface area contributed by atoms with Gasteiger partial charge in [-0.15, -0.1) is 23.1 Å². The largest absolute Gasteiger partial charge is 0.351 e. The van der Waals surface area contributed by atoms with E-state index >= 15 is 0 Å². The maximum Gasteiger partial charge on any atom is 0.230 e. The number of thioether (sulfide) groups is 1. The number of benzene rings is 2. The third-order valence-electron chi connectivity index (χ3n) is 4.28. The van der Waals surface area contributed by atoms with E-state index in [-0.39, 0.29) is 5.91 Å². The quantitative estimate of drug-likeness (QED) is 0.477. The molecule has 4 aromatic rings. The van der Waals surface area contributed by atoms with Crippen LogP contribution in [0.25, 0.3) is 10.2 Å². The summed E-state index contributed by atoms with van der Waals surface area (Å²) in [5.41, 5.74) is 3.30. The Bertz CT molecular complexity index is 1030. The average molecular weight is 409 g/mol. The first-order chi connectivity index (χ1) is 13.8. The van der Waals surface area contributed by atoms with Gasteiger partial charge in [-0.3, -0.25) is 9.48 Å². The van der Waals surface area contributed by atoms with Crippen molar-refractivity contribution in [1.29, 1.82) is 0 Å². The topological polar surface area (TPSA) is 59.8 Å². The van der Waals surface area contributed by atoms with Crippen molar-refractivity contribution in [2.75, 3.05) is 5.75 Å². The highest BCUT2D eigenvalue weighted by Crippen LogP contribution is 2.24. The Morgan fingerprint density at radius 2 is 1.89 bits per heavy atom. The molecule has 0 unspecified atom stereocenters. The van der Waals surface area contributed by atoms with Crippen molar-refractivity contribution in [3.8, 4) is 0 Å². The second-order valence-electron chi connectivity index (χ2n) is 6.32. The Balaban J connectivity index is 1.26. The SMILES string of the molecule is O=C(CSCc1nc2ccccc2s1)NCc1ccccc1Cn1cccn1. The van der Waals surface area contributed by atoms with Crippen LogP contribution in [0.3, 0.4) is 0 Å². The minimum absolute atomic E-state index is 0.0417. The summed E-state index contributed by atoms with van der Waals surface area (Å²) >= 11 is 3.29. The van der Waals surface area contributed by atoms with E-state index in [1.54, 1.807) is 29.3 Å². The van der Waals surface area contributed by atoms with E-state index in [9.17, 15) is 4.79 Å². The summed E-state index contributed by atoms with van der Waals surface area (Å²) < 4.78 is 3.07. The van der Waals surface area contributed by atoms with Crippen molar-refractivity contribution < 1.29 is 4.79 Å². The summed E-state index contributed by atoms with van der Waals surface area (Å²) in [5.74, 6) is 1.22. The van der Waals surface area contributed by atoms with E-state index in [4.69, 9.17) is 0 Å². The molecular formula is C21H20N4OS2. The monoisotopic (exact) mass is 408 g/mol. The van der Waals surface area contributed by atoms with Crippen LogP contribution >= 0.6 is 23.1 Å². The van der Waals surface area contributed by atoms with Crippen molar-refractivity contribution in [2.24, 2.45) is 0 Å². The fourth-order valence-electron chi connectivity index (χ4n) is 2.91. The van der Waals surface area contributed by atoms with Gasteiger partial charge in [-0.25, -0.2) is 4.98 Å². The first kappa shape index (κ1) is 18.7. The molecule has 0 spiro atoms. The van der Waals surface area contributed by atoms with E-state index in [0.717, 1.165) is 27.4 Å². The number of amides is 1. The van der Waals surface area contributed by atoms with Gasteiger partial charge >= 0.3 is 0 Å². The molecule has 0 aliphatic carbocycles. The second-order valence-corrected chi connectivity index (χ2v) is 8.42. The summed E-state index contributed by atoms with van der Waals surface area (Å²) in [4.78, 5) is 16.8. The van der Waals surface area contributed by atoms with Gasteiger partial charge in [0.2, 0.25) is 5.91 Å². The number of aromatic nitrogens is 3.